The van der Waals surface area contributed by atoms with Crippen LogP contribution in [0.2, 0.25) is 0 Å². The summed E-state index contributed by atoms with van der Waals surface area (Å²) in [4.78, 5) is 2.84. The van der Waals surface area contributed by atoms with E-state index >= 15 is 0 Å². The Morgan fingerprint density at radius 2 is 2.00 bits per heavy atom. The van der Waals surface area contributed by atoms with Crippen LogP contribution in [-0.4, -0.2) is 19.1 Å². The minimum Gasteiger partial charge on any atom is -0.330 e. The molecule has 16 heavy (non-hydrogen) atoms. The summed E-state index contributed by atoms with van der Waals surface area (Å²) in [5, 5.41) is 0. The lowest BCUT2D eigenvalue weighted by Crippen LogP contribution is -2.42. The maximum absolute atomic E-state index is 6.00. The Kier molecular flexibility index (Phi) is 3.88. The van der Waals surface area contributed by atoms with E-state index in [4.69, 9.17) is 5.73 Å². The monoisotopic (exact) mass is 253 g/mol. The third-order valence-electron chi connectivity index (χ3n) is 3.68. The molecule has 1 nitrogen and oxygen atoms in total. The van der Waals surface area contributed by atoms with Crippen molar-refractivity contribution in [2.24, 2.45) is 5.73 Å². The van der Waals surface area contributed by atoms with Crippen LogP contribution in [0.25, 0.3) is 0 Å². The average molecular weight is 253 g/mol. The van der Waals surface area contributed by atoms with Gasteiger partial charge in [0.05, 0.1) is 0 Å². The van der Waals surface area contributed by atoms with E-state index in [1.54, 1.807) is 0 Å². The molecule has 0 atom stereocenters. The van der Waals surface area contributed by atoms with E-state index in [9.17, 15) is 0 Å². The summed E-state index contributed by atoms with van der Waals surface area (Å²) in [6.45, 7) is 0.790. The molecule has 1 aliphatic carbocycles. The Morgan fingerprint density at radius 1 is 1.25 bits per heavy atom. The molecule has 1 aromatic carbocycles. The smallest absolute Gasteiger partial charge is 0.0243 e. The predicted octanol–water partition coefficient (Wildman–Crippen LogP) is 3.51. The summed E-state index contributed by atoms with van der Waals surface area (Å²) < 4.78 is 0. The maximum Gasteiger partial charge on any atom is 0.0243 e. The van der Waals surface area contributed by atoms with Gasteiger partial charge in [0.1, 0.15) is 0 Å². The van der Waals surface area contributed by atoms with Gasteiger partial charge in [0.2, 0.25) is 0 Å². The van der Waals surface area contributed by atoms with Gasteiger partial charge >= 0.3 is 0 Å². The van der Waals surface area contributed by atoms with Crippen molar-refractivity contribution in [3.05, 3.63) is 23.8 Å². The molecular formula is C13H19NS2. The van der Waals surface area contributed by atoms with Crippen LogP contribution in [0.15, 0.2) is 28.0 Å². The van der Waals surface area contributed by atoms with Crippen molar-refractivity contribution in [3.8, 4) is 0 Å². The summed E-state index contributed by atoms with van der Waals surface area (Å²) in [6, 6.07) is 6.66. The van der Waals surface area contributed by atoms with Crippen molar-refractivity contribution in [3.63, 3.8) is 0 Å². The molecular weight excluding hydrogens is 234 g/mol. The Labute approximate surface area is 107 Å². The first-order valence-corrected chi connectivity index (χ1v) is 8.14. The molecule has 1 fully saturated rings. The normalized spacial score (nSPS) is 18.2. The molecule has 1 aliphatic rings. The van der Waals surface area contributed by atoms with Crippen molar-refractivity contribution in [1.29, 1.82) is 0 Å². The lowest BCUT2D eigenvalue weighted by atomic mass is 9.64. The van der Waals surface area contributed by atoms with Crippen molar-refractivity contribution in [2.75, 3.05) is 19.1 Å². The van der Waals surface area contributed by atoms with Crippen LogP contribution >= 0.6 is 23.5 Å². The Morgan fingerprint density at radius 3 is 2.44 bits per heavy atom. The fourth-order valence-corrected chi connectivity index (χ4v) is 4.28. The molecule has 2 N–H and O–H groups in total. The second kappa shape index (κ2) is 5.03. The zero-order valence-corrected chi connectivity index (χ0v) is 11.6. The number of benzene rings is 1. The van der Waals surface area contributed by atoms with Gasteiger partial charge in [-0.3, -0.25) is 0 Å². The molecule has 0 aliphatic heterocycles. The number of thioether (sulfide) groups is 2. The first-order valence-electron chi connectivity index (χ1n) is 5.69. The van der Waals surface area contributed by atoms with Gasteiger partial charge in [-0.25, -0.2) is 0 Å². The Bertz CT molecular complexity index is 367. The van der Waals surface area contributed by atoms with Crippen LogP contribution in [0.1, 0.15) is 24.8 Å². The highest BCUT2D eigenvalue weighted by atomic mass is 32.2. The summed E-state index contributed by atoms with van der Waals surface area (Å²) in [5.74, 6) is 0. The topological polar surface area (TPSA) is 26.0 Å². The molecule has 0 radical (unpaired) electrons. The number of hydrogen-bond acceptors (Lipinski definition) is 3. The van der Waals surface area contributed by atoms with Crippen LogP contribution in [0.5, 0.6) is 0 Å². The third-order valence-corrected chi connectivity index (χ3v) is 5.43. The summed E-state index contributed by atoms with van der Waals surface area (Å²) in [7, 11) is 0. The van der Waals surface area contributed by atoms with E-state index in [2.05, 4.69) is 30.7 Å². The highest BCUT2D eigenvalue weighted by Gasteiger charge is 2.39. The molecule has 0 spiro atoms. The maximum atomic E-state index is 6.00. The second-order valence-corrected chi connectivity index (χ2v) is 6.04. The van der Waals surface area contributed by atoms with Crippen LogP contribution in [0.3, 0.4) is 0 Å². The molecule has 0 saturated heterocycles. The first-order chi connectivity index (χ1) is 7.77. The van der Waals surface area contributed by atoms with Crippen molar-refractivity contribution in [1.82, 2.24) is 0 Å². The fourth-order valence-electron chi connectivity index (χ4n) is 2.49. The van der Waals surface area contributed by atoms with Crippen molar-refractivity contribution in [2.45, 2.75) is 34.5 Å². The van der Waals surface area contributed by atoms with Gasteiger partial charge in [-0.15, -0.1) is 23.5 Å². The van der Waals surface area contributed by atoms with E-state index in [0.717, 1.165) is 6.54 Å². The SMILES string of the molecule is CSc1cccc(C2(CN)CCC2)c1SC. The van der Waals surface area contributed by atoms with Crippen molar-refractivity contribution < 1.29 is 0 Å². The average Bonchev–Trinajstić information content (AvgIpc) is 2.28. The van der Waals surface area contributed by atoms with Gasteiger partial charge in [0.25, 0.3) is 0 Å². The van der Waals surface area contributed by atoms with E-state index in [-0.39, 0.29) is 5.41 Å². The number of rotatable bonds is 4. The second-order valence-electron chi connectivity index (χ2n) is 4.38. The quantitative estimate of drug-likeness (QED) is 0.832. The lowest BCUT2D eigenvalue weighted by molar-refractivity contribution is 0.248. The zero-order valence-electron chi connectivity index (χ0n) is 9.95. The minimum atomic E-state index is 0.282. The van der Waals surface area contributed by atoms with Crippen LogP contribution < -0.4 is 5.73 Å². The highest BCUT2D eigenvalue weighted by Crippen LogP contribution is 2.47. The molecule has 3 heteroatoms. The van der Waals surface area contributed by atoms with Gasteiger partial charge < -0.3 is 5.73 Å². The first kappa shape index (κ1) is 12.3. The van der Waals surface area contributed by atoms with Gasteiger partial charge in [0, 0.05) is 21.8 Å². The molecule has 0 heterocycles. The molecule has 1 aromatic rings. The summed E-state index contributed by atoms with van der Waals surface area (Å²) in [5.41, 5.74) is 7.77. The van der Waals surface area contributed by atoms with E-state index < -0.39 is 0 Å². The van der Waals surface area contributed by atoms with Gasteiger partial charge in [-0.1, -0.05) is 18.6 Å². The molecule has 0 unspecified atom stereocenters. The molecule has 1 saturated carbocycles. The summed E-state index contributed by atoms with van der Waals surface area (Å²) in [6.07, 6.45) is 8.16. The van der Waals surface area contributed by atoms with Crippen LogP contribution in [-0.2, 0) is 5.41 Å². The number of nitrogens with two attached hydrogens (primary N) is 1. The van der Waals surface area contributed by atoms with Gasteiger partial charge in [-0.2, -0.15) is 0 Å². The minimum absolute atomic E-state index is 0.282. The van der Waals surface area contributed by atoms with Crippen LogP contribution in [0, 0.1) is 0 Å². The molecule has 0 amide bonds. The Hall–Kier alpha value is -0.120. The lowest BCUT2D eigenvalue weighted by Gasteiger charge is -2.42. The third kappa shape index (κ3) is 1.89. The molecule has 0 bridgehead atoms. The number of hydrogen-bond donors (Lipinski definition) is 1. The summed E-state index contributed by atoms with van der Waals surface area (Å²) >= 11 is 3.70. The van der Waals surface area contributed by atoms with Gasteiger partial charge in [-0.05, 0) is 37.0 Å². The molecule has 0 aromatic heterocycles. The van der Waals surface area contributed by atoms with E-state index in [0.29, 0.717) is 0 Å². The standard InChI is InChI=1S/C13H19NS2/c1-15-11-6-3-5-10(12(11)16-2)13(9-14)7-4-8-13/h3,5-6H,4,7-9,14H2,1-2H3. The van der Waals surface area contributed by atoms with Crippen LogP contribution in [0.4, 0.5) is 0 Å². The molecule has 2 rings (SSSR count). The zero-order chi connectivity index (χ0) is 11.6. The fraction of sp³-hybridized carbons (Fsp3) is 0.538. The highest BCUT2D eigenvalue weighted by molar-refractivity contribution is 8.01. The van der Waals surface area contributed by atoms with E-state index in [1.165, 1.54) is 34.6 Å². The Balaban J connectivity index is 2.47. The van der Waals surface area contributed by atoms with Crippen molar-refractivity contribution >= 4 is 23.5 Å². The van der Waals surface area contributed by atoms with Gasteiger partial charge in [0.15, 0.2) is 0 Å². The van der Waals surface area contributed by atoms with E-state index in [1.807, 2.05) is 23.5 Å². The largest absolute Gasteiger partial charge is 0.330 e. The molecule has 88 valence electrons. The predicted molar refractivity (Wildman–Crippen MR) is 74.6 cm³/mol.